The van der Waals surface area contributed by atoms with E-state index in [0.717, 1.165) is 28.4 Å². The second-order valence-corrected chi connectivity index (χ2v) is 16.0. The van der Waals surface area contributed by atoms with Crippen molar-refractivity contribution >= 4 is 0 Å². The first-order valence-electron chi connectivity index (χ1n) is 15.6. The van der Waals surface area contributed by atoms with Gasteiger partial charge < -0.3 is 9.47 Å². The molecule has 4 rings (SSSR count). The Hall–Kier alpha value is -3.52. The Bertz CT molecular complexity index is 1580. The third-order valence-corrected chi connectivity index (χ3v) is 8.20. The second kappa shape index (κ2) is 11.5. The number of methoxy groups -OCH3 is 1. The molecule has 2 nitrogen and oxygen atoms in total. The van der Waals surface area contributed by atoms with Crippen LogP contribution in [0.25, 0.3) is 22.3 Å². The molecule has 0 aliphatic heterocycles. The van der Waals surface area contributed by atoms with Crippen molar-refractivity contribution in [3.8, 4) is 39.5 Å². The maximum absolute atomic E-state index is 6.60. The molecule has 0 amide bonds. The molecule has 0 heterocycles. The van der Waals surface area contributed by atoms with Crippen LogP contribution in [0.1, 0.15) is 105 Å². The molecule has 0 aliphatic carbocycles. The lowest BCUT2D eigenvalue weighted by molar-refractivity contribution is 0.398. The zero-order valence-electron chi connectivity index (χ0n) is 28.8. The highest BCUT2D eigenvalue weighted by atomic mass is 16.5. The van der Waals surface area contributed by atoms with Gasteiger partial charge in [-0.25, -0.2) is 0 Å². The van der Waals surface area contributed by atoms with Gasteiger partial charge in [0, 0.05) is 16.7 Å². The average molecular weight is 577 g/mol. The summed E-state index contributed by atoms with van der Waals surface area (Å²) in [6.07, 6.45) is 0. The van der Waals surface area contributed by atoms with E-state index < -0.39 is 0 Å². The number of benzene rings is 4. The summed E-state index contributed by atoms with van der Waals surface area (Å²) in [4.78, 5) is 0. The minimum atomic E-state index is -0.132. The molecule has 0 atom stereocenters. The van der Waals surface area contributed by atoms with Gasteiger partial charge in [0.25, 0.3) is 0 Å². The summed E-state index contributed by atoms with van der Waals surface area (Å²) in [5.74, 6) is 2.60. The van der Waals surface area contributed by atoms with Gasteiger partial charge in [-0.1, -0.05) is 132 Å². The van der Waals surface area contributed by atoms with Gasteiger partial charge >= 0.3 is 0 Å². The molecule has 0 fully saturated rings. The van der Waals surface area contributed by atoms with Crippen molar-refractivity contribution in [1.29, 1.82) is 0 Å². The molecule has 0 N–H and O–H groups in total. The monoisotopic (exact) mass is 576 g/mol. The lowest BCUT2D eigenvalue weighted by atomic mass is 9.72. The largest absolute Gasteiger partial charge is 0.496 e. The number of hydrogen-bond acceptors (Lipinski definition) is 2. The zero-order chi connectivity index (χ0) is 32.0. The van der Waals surface area contributed by atoms with Crippen LogP contribution in [-0.2, 0) is 21.7 Å². The molecule has 0 saturated heterocycles. The fourth-order valence-corrected chi connectivity index (χ4v) is 5.59. The minimum Gasteiger partial charge on any atom is -0.496 e. The van der Waals surface area contributed by atoms with E-state index in [-0.39, 0.29) is 21.7 Å². The van der Waals surface area contributed by atoms with Crippen LogP contribution in [0.5, 0.6) is 17.2 Å². The third-order valence-electron chi connectivity index (χ3n) is 8.20. The van der Waals surface area contributed by atoms with Crippen LogP contribution in [0.3, 0.4) is 0 Å². The maximum atomic E-state index is 6.60. The second-order valence-electron chi connectivity index (χ2n) is 16.0. The van der Waals surface area contributed by atoms with Gasteiger partial charge in [-0.2, -0.15) is 0 Å². The number of ether oxygens (including phenoxy) is 2. The van der Waals surface area contributed by atoms with Crippen LogP contribution in [0, 0.1) is 0 Å². The highest BCUT2D eigenvalue weighted by Crippen LogP contribution is 2.51. The van der Waals surface area contributed by atoms with Crippen LogP contribution in [0.15, 0.2) is 78.9 Å². The minimum absolute atomic E-state index is 0.0377. The van der Waals surface area contributed by atoms with E-state index >= 15 is 0 Å². The van der Waals surface area contributed by atoms with E-state index in [0.29, 0.717) is 0 Å². The fraction of sp³-hybridized carbons (Fsp3) is 0.415. The first kappa shape index (κ1) is 32.4. The van der Waals surface area contributed by atoms with E-state index in [1.165, 1.54) is 33.4 Å². The van der Waals surface area contributed by atoms with Crippen molar-refractivity contribution in [2.75, 3.05) is 7.11 Å². The molecule has 2 heteroatoms. The Morgan fingerprint density at radius 1 is 0.465 bits per heavy atom. The molecule has 0 bridgehead atoms. The summed E-state index contributed by atoms with van der Waals surface area (Å²) in [5, 5.41) is 0. The smallest absolute Gasteiger partial charge is 0.135 e. The molecule has 4 aromatic carbocycles. The van der Waals surface area contributed by atoms with E-state index in [2.05, 4.69) is 132 Å². The Kier molecular flexibility index (Phi) is 8.68. The lowest BCUT2D eigenvalue weighted by Crippen LogP contribution is -2.20. The van der Waals surface area contributed by atoms with E-state index in [1.54, 1.807) is 0 Å². The molecule has 0 saturated carbocycles. The number of hydrogen-bond donors (Lipinski definition) is 0. The van der Waals surface area contributed by atoms with Gasteiger partial charge in [0.15, 0.2) is 0 Å². The van der Waals surface area contributed by atoms with Crippen molar-refractivity contribution in [2.24, 2.45) is 0 Å². The van der Waals surface area contributed by atoms with Crippen molar-refractivity contribution in [3.63, 3.8) is 0 Å². The molecule has 4 aromatic rings. The van der Waals surface area contributed by atoms with E-state index in [1.807, 2.05) is 37.4 Å². The Morgan fingerprint density at radius 2 is 0.953 bits per heavy atom. The third kappa shape index (κ3) is 7.01. The Balaban J connectivity index is 2.23. The molecular weight excluding hydrogens is 524 g/mol. The topological polar surface area (TPSA) is 18.5 Å². The maximum Gasteiger partial charge on any atom is 0.135 e. The van der Waals surface area contributed by atoms with E-state index in [4.69, 9.17) is 9.47 Å². The highest BCUT2D eigenvalue weighted by Gasteiger charge is 2.32. The predicted molar refractivity (Wildman–Crippen MR) is 185 cm³/mol. The van der Waals surface area contributed by atoms with Gasteiger partial charge in [0.1, 0.15) is 17.2 Å². The van der Waals surface area contributed by atoms with Crippen LogP contribution in [0.2, 0.25) is 0 Å². The SMILES string of the molecule is COc1c(-c2cc(C(C)(C)C)cc(C(C)(C)C)c2-c2ccccc2Oc2ccccc2)cc(C(C)(C)C)cc1C(C)(C)C. The van der Waals surface area contributed by atoms with Crippen LogP contribution in [-0.4, -0.2) is 7.11 Å². The van der Waals surface area contributed by atoms with Gasteiger partial charge in [-0.15, -0.1) is 0 Å². The van der Waals surface area contributed by atoms with E-state index in [9.17, 15) is 0 Å². The molecule has 0 aliphatic rings. The van der Waals surface area contributed by atoms with Crippen LogP contribution < -0.4 is 9.47 Å². The molecule has 0 spiro atoms. The van der Waals surface area contributed by atoms with Crippen molar-refractivity contribution < 1.29 is 9.47 Å². The molecule has 0 radical (unpaired) electrons. The predicted octanol–water partition coefficient (Wildman–Crippen LogP) is 12.0. The summed E-state index contributed by atoms with van der Waals surface area (Å²) in [6.45, 7) is 27.5. The normalized spacial score (nSPS) is 12.8. The van der Waals surface area contributed by atoms with Crippen molar-refractivity contribution in [2.45, 2.75) is 105 Å². The average Bonchev–Trinajstić information content (AvgIpc) is 2.90. The molecule has 0 aromatic heterocycles. The molecule has 43 heavy (non-hydrogen) atoms. The summed E-state index contributed by atoms with van der Waals surface area (Å²) in [7, 11) is 1.81. The highest BCUT2D eigenvalue weighted by molar-refractivity contribution is 5.92. The van der Waals surface area contributed by atoms with Crippen molar-refractivity contribution in [1.82, 2.24) is 0 Å². The van der Waals surface area contributed by atoms with Gasteiger partial charge in [-0.3, -0.25) is 0 Å². The fourth-order valence-electron chi connectivity index (χ4n) is 5.59. The quantitative estimate of drug-likeness (QED) is 0.235. The molecule has 228 valence electrons. The summed E-state index contributed by atoms with van der Waals surface area (Å²) in [5.41, 5.74) is 9.36. The van der Waals surface area contributed by atoms with Crippen LogP contribution >= 0.6 is 0 Å². The summed E-state index contributed by atoms with van der Waals surface area (Å²) >= 11 is 0. The lowest BCUT2D eigenvalue weighted by Gasteiger charge is -2.33. The first-order chi connectivity index (χ1) is 19.8. The van der Waals surface area contributed by atoms with Gasteiger partial charge in [0.2, 0.25) is 0 Å². The standard InChI is InChI=1S/C41H52O2/c1-38(2,3)27-23-31(32-24-28(39(4,5)6)26-34(37(32)42-13)41(10,11)12)36(33(25-27)40(7,8)9)30-21-17-18-22-35(30)43-29-19-15-14-16-20-29/h14-26H,1-13H3. The molecular formula is C41H52O2. The Labute approximate surface area is 261 Å². The van der Waals surface area contributed by atoms with Gasteiger partial charge in [0.05, 0.1) is 7.11 Å². The summed E-state index contributed by atoms with van der Waals surface area (Å²) < 4.78 is 13.0. The zero-order valence-corrected chi connectivity index (χ0v) is 28.8. The first-order valence-corrected chi connectivity index (χ1v) is 15.6. The van der Waals surface area contributed by atoms with Crippen molar-refractivity contribution in [3.05, 3.63) is 101 Å². The molecule has 0 unspecified atom stereocenters. The van der Waals surface area contributed by atoms with Gasteiger partial charge in [-0.05, 0) is 79.8 Å². The Morgan fingerprint density at radius 3 is 1.47 bits per heavy atom. The number of para-hydroxylation sites is 2. The number of rotatable bonds is 5. The van der Waals surface area contributed by atoms with Crippen LogP contribution in [0.4, 0.5) is 0 Å². The summed E-state index contributed by atoms with van der Waals surface area (Å²) in [6, 6.07) is 28.1.